The normalized spacial score (nSPS) is 12.7. The van der Waals surface area contributed by atoms with Crippen LogP contribution in [0.3, 0.4) is 0 Å². The molecule has 0 spiro atoms. The lowest BCUT2D eigenvalue weighted by atomic mass is 10.0. The molecule has 2 unspecified atom stereocenters. The summed E-state index contributed by atoms with van der Waals surface area (Å²) in [6.45, 7) is 7.08. The highest BCUT2D eigenvalue weighted by atomic mass is 16.5. The smallest absolute Gasteiger partial charge is 0.314 e. The first-order valence-corrected chi connectivity index (χ1v) is 6.86. The van der Waals surface area contributed by atoms with Gasteiger partial charge < -0.3 is 14.9 Å². The molecule has 118 valence electrons. The van der Waals surface area contributed by atoms with Gasteiger partial charge in [0.25, 0.3) is 0 Å². The van der Waals surface area contributed by atoms with Crippen molar-refractivity contribution in [3.8, 4) is 0 Å². The molecule has 0 bridgehead atoms. The summed E-state index contributed by atoms with van der Waals surface area (Å²) in [6, 6.07) is 0. The van der Waals surface area contributed by atoms with Crippen LogP contribution in [0.4, 0.5) is 0 Å². The number of aliphatic hydroxyl groups excluding tert-OH is 1. The van der Waals surface area contributed by atoms with Gasteiger partial charge in [-0.05, 0) is 26.7 Å². The summed E-state index contributed by atoms with van der Waals surface area (Å²) in [5, 5.41) is 17.5. The summed E-state index contributed by atoms with van der Waals surface area (Å²) >= 11 is 0. The third-order valence-electron chi connectivity index (χ3n) is 2.53. The highest BCUT2D eigenvalue weighted by molar-refractivity contribution is 5.96. The second kappa shape index (κ2) is 12.6. The third kappa shape index (κ3) is 11.6. The molecule has 0 saturated carbocycles. The van der Waals surface area contributed by atoms with E-state index < -0.39 is 18.0 Å². The molecular formula is C14H26O6. The van der Waals surface area contributed by atoms with Gasteiger partial charge in [0, 0.05) is 0 Å². The van der Waals surface area contributed by atoms with Crippen molar-refractivity contribution in [3.05, 3.63) is 0 Å². The first-order chi connectivity index (χ1) is 9.29. The van der Waals surface area contributed by atoms with Crippen LogP contribution >= 0.6 is 0 Å². The van der Waals surface area contributed by atoms with Crippen LogP contribution in [-0.4, -0.2) is 40.6 Å². The Kier molecular flexibility index (Phi) is 13.1. The molecule has 2 atom stereocenters. The Morgan fingerprint density at radius 2 is 1.70 bits per heavy atom. The maximum atomic E-state index is 10.7. The van der Waals surface area contributed by atoms with E-state index in [1.807, 2.05) is 6.92 Å². The van der Waals surface area contributed by atoms with Crippen molar-refractivity contribution in [1.82, 2.24) is 0 Å². The number of carboxylic acid groups (broad SMARTS) is 1. The number of hydrogen-bond acceptors (Lipinski definition) is 5. The predicted molar refractivity (Wildman–Crippen MR) is 74.3 cm³/mol. The van der Waals surface area contributed by atoms with Crippen LogP contribution in [0, 0.1) is 5.92 Å². The Morgan fingerprint density at radius 1 is 1.15 bits per heavy atom. The molecule has 0 aromatic heterocycles. The zero-order chi connectivity index (χ0) is 16.1. The van der Waals surface area contributed by atoms with Gasteiger partial charge in [-0.1, -0.05) is 20.3 Å². The Morgan fingerprint density at radius 3 is 1.95 bits per heavy atom. The molecule has 0 radical (unpaired) electrons. The van der Waals surface area contributed by atoms with Gasteiger partial charge in [0.2, 0.25) is 0 Å². The second-order valence-corrected chi connectivity index (χ2v) is 4.36. The minimum atomic E-state index is -1.02. The van der Waals surface area contributed by atoms with Crippen molar-refractivity contribution in [3.63, 3.8) is 0 Å². The van der Waals surface area contributed by atoms with Crippen LogP contribution in [0.25, 0.3) is 0 Å². The van der Waals surface area contributed by atoms with E-state index in [9.17, 15) is 14.4 Å². The number of hydrogen-bond donors (Lipinski definition) is 2. The van der Waals surface area contributed by atoms with Crippen molar-refractivity contribution in [1.29, 1.82) is 0 Å². The van der Waals surface area contributed by atoms with Gasteiger partial charge in [0.1, 0.15) is 11.7 Å². The molecule has 0 heterocycles. The molecule has 0 fully saturated rings. The van der Waals surface area contributed by atoms with E-state index in [2.05, 4.69) is 4.74 Å². The quantitative estimate of drug-likeness (QED) is 0.522. The Bertz CT molecular complexity index is 286. The summed E-state index contributed by atoms with van der Waals surface area (Å²) < 4.78 is 4.66. The minimum absolute atomic E-state index is 0.127. The van der Waals surface area contributed by atoms with E-state index in [0.717, 1.165) is 6.42 Å². The van der Waals surface area contributed by atoms with Crippen molar-refractivity contribution in [2.24, 2.45) is 5.92 Å². The van der Waals surface area contributed by atoms with Crippen LogP contribution in [0.15, 0.2) is 0 Å². The van der Waals surface area contributed by atoms with E-state index in [4.69, 9.17) is 10.2 Å². The van der Waals surface area contributed by atoms with Gasteiger partial charge in [-0.25, -0.2) is 0 Å². The number of esters is 1. The maximum Gasteiger partial charge on any atom is 0.314 e. The largest absolute Gasteiger partial charge is 0.481 e. The molecule has 2 N–H and O–H groups in total. The van der Waals surface area contributed by atoms with E-state index in [1.165, 1.54) is 6.92 Å². The molecule has 0 aromatic carbocycles. The summed E-state index contributed by atoms with van der Waals surface area (Å²) in [6.07, 6.45) is 1.53. The lowest BCUT2D eigenvalue weighted by Gasteiger charge is -2.07. The number of aliphatic carboxylic acids is 1. The van der Waals surface area contributed by atoms with Gasteiger partial charge in [-0.2, -0.15) is 0 Å². The fraction of sp³-hybridized carbons (Fsp3) is 0.786. The number of Topliss-reactive ketones (excluding diaryl/α,β-unsaturated/α-hetero) is 1. The summed E-state index contributed by atoms with van der Waals surface area (Å²) in [5.41, 5.74) is 0. The van der Waals surface area contributed by atoms with E-state index in [-0.39, 0.29) is 18.2 Å². The number of carboxylic acids is 1. The van der Waals surface area contributed by atoms with Crippen LogP contribution in [0.1, 0.15) is 53.4 Å². The molecule has 0 rings (SSSR count). The molecule has 0 aliphatic heterocycles. The highest BCUT2D eigenvalue weighted by Gasteiger charge is 2.19. The van der Waals surface area contributed by atoms with Crippen molar-refractivity contribution in [2.45, 2.75) is 59.5 Å². The number of ether oxygens (including phenoxy) is 1. The molecule has 0 aliphatic rings. The topological polar surface area (TPSA) is 101 Å². The van der Waals surface area contributed by atoms with Gasteiger partial charge in [0.05, 0.1) is 19.1 Å². The van der Waals surface area contributed by atoms with Crippen molar-refractivity contribution < 1.29 is 29.3 Å². The molecule has 0 amide bonds. The second-order valence-electron chi connectivity index (χ2n) is 4.36. The lowest BCUT2D eigenvalue weighted by molar-refractivity contribution is -0.146. The molecule has 20 heavy (non-hydrogen) atoms. The van der Waals surface area contributed by atoms with Gasteiger partial charge in [0.15, 0.2) is 0 Å². The molecule has 6 nitrogen and oxygen atoms in total. The van der Waals surface area contributed by atoms with Gasteiger partial charge >= 0.3 is 11.9 Å². The van der Waals surface area contributed by atoms with Crippen LogP contribution in [0.5, 0.6) is 0 Å². The van der Waals surface area contributed by atoms with Crippen LogP contribution < -0.4 is 0 Å². The van der Waals surface area contributed by atoms with Crippen molar-refractivity contribution in [2.75, 3.05) is 6.61 Å². The molecule has 0 aromatic rings. The van der Waals surface area contributed by atoms with E-state index in [0.29, 0.717) is 19.4 Å². The fourth-order valence-corrected chi connectivity index (χ4v) is 1.48. The average Bonchev–Trinajstić information content (AvgIpc) is 2.29. The fourth-order valence-electron chi connectivity index (χ4n) is 1.48. The Balaban J connectivity index is 0. The SMILES string of the molecule is CCC(C(C)=O)C(=O)O.CCCC(O)CC(=O)OCC. The Labute approximate surface area is 120 Å². The maximum absolute atomic E-state index is 10.7. The van der Waals surface area contributed by atoms with Crippen LogP contribution in [0.2, 0.25) is 0 Å². The number of aliphatic hydroxyl groups is 1. The first-order valence-electron chi connectivity index (χ1n) is 6.86. The van der Waals surface area contributed by atoms with Gasteiger partial charge in [-0.15, -0.1) is 0 Å². The molecular weight excluding hydrogens is 264 g/mol. The zero-order valence-corrected chi connectivity index (χ0v) is 12.7. The minimum Gasteiger partial charge on any atom is -0.481 e. The van der Waals surface area contributed by atoms with E-state index >= 15 is 0 Å². The zero-order valence-electron chi connectivity index (χ0n) is 12.7. The standard InChI is InChI=1S/C8H16O3.C6H10O3/c1-3-5-7(9)6-8(10)11-4-2;1-3-5(4(2)7)6(8)9/h7,9H,3-6H2,1-2H3;5H,3H2,1-2H3,(H,8,9). The Hall–Kier alpha value is -1.43. The van der Waals surface area contributed by atoms with Crippen molar-refractivity contribution >= 4 is 17.7 Å². The molecule has 6 heteroatoms. The summed E-state index contributed by atoms with van der Waals surface area (Å²) in [7, 11) is 0. The third-order valence-corrected chi connectivity index (χ3v) is 2.53. The highest BCUT2D eigenvalue weighted by Crippen LogP contribution is 2.03. The summed E-state index contributed by atoms with van der Waals surface area (Å²) in [4.78, 5) is 31.3. The first kappa shape index (κ1) is 20.9. The van der Waals surface area contributed by atoms with Crippen LogP contribution in [-0.2, 0) is 19.1 Å². The average molecular weight is 290 g/mol. The monoisotopic (exact) mass is 290 g/mol. The number of ketones is 1. The predicted octanol–water partition coefficient (Wildman–Crippen LogP) is 1.79. The number of carbonyl (C=O) groups is 3. The molecule has 0 aliphatic carbocycles. The number of carbonyl (C=O) groups excluding carboxylic acids is 2. The number of rotatable bonds is 8. The lowest BCUT2D eigenvalue weighted by Crippen LogP contribution is -2.19. The summed E-state index contributed by atoms with van der Waals surface area (Å²) in [5.74, 6) is -2.41. The van der Waals surface area contributed by atoms with E-state index in [1.54, 1.807) is 13.8 Å². The van der Waals surface area contributed by atoms with Gasteiger partial charge in [-0.3, -0.25) is 14.4 Å². The molecule has 0 saturated heterocycles.